The van der Waals surface area contributed by atoms with E-state index in [1.165, 1.54) is 11.8 Å². The third-order valence-electron chi connectivity index (χ3n) is 4.21. The number of carbonyl (C=O) groups is 2. The van der Waals surface area contributed by atoms with Crippen LogP contribution in [0.3, 0.4) is 0 Å². The summed E-state index contributed by atoms with van der Waals surface area (Å²) in [5.41, 5.74) is 1.01. The van der Waals surface area contributed by atoms with Gasteiger partial charge in [0.25, 0.3) is 0 Å². The second-order valence-electron chi connectivity index (χ2n) is 6.22. The highest BCUT2D eigenvalue weighted by atomic mass is 35.5. The number of ether oxygens (including phenoxy) is 1. The van der Waals surface area contributed by atoms with Gasteiger partial charge in [-0.05, 0) is 36.4 Å². The minimum absolute atomic E-state index is 0.000666. The molecule has 0 unspecified atom stereocenters. The molecule has 3 rings (SSSR count). The smallest absolute Gasteiger partial charge is 0.232 e. The number of hydrogen-bond donors (Lipinski definition) is 1. The summed E-state index contributed by atoms with van der Waals surface area (Å²) >= 11 is 13.3. The second kappa shape index (κ2) is 9.97. The van der Waals surface area contributed by atoms with E-state index in [1.807, 2.05) is 0 Å². The maximum Gasteiger partial charge on any atom is 0.232 e. The van der Waals surface area contributed by atoms with Crippen LogP contribution >= 0.6 is 35.0 Å². The van der Waals surface area contributed by atoms with Crippen LogP contribution in [0.25, 0.3) is 0 Å². The van der Waals surface area contributed by atoms with Crippen LogP contribution in [0.5, 0.6) is 5.75 Å². The summed E-state index contributed by atoms with van der Waals surface area (Å²) in [6.07, 6.45) is -0.000666. The molecule has 1 amide bonds. The number of aromatic nitrogens is 3. The predicted molar refractivity (Wildman–Crippen MR) is 118 cm³/mol. The average Bonchev–Trinajstić information content (AvgIpc) is 3.09. The quantitative estimate of drug-likeness (QED) is 0.395. The summed E-state index contributed by atoms with van der Waals surface area (Å²) < 4.78 is 6.78. The van der Waals surface area contributed by atoms with Gasteiger partial charge < -0.3 is 14.6 Å². The number of carbonyl (C=O) groups excluding carboxylic acids is 2. The van der Waals surface area contributed by atoms with Crippen molar-refractivity contribution in [2.75, 3.05) is 18.2 Å². The fraction of sp³-hybridized carbons (Fsp3) is 0.200. The molecule has 0 radical (unpaired) electrons. The molecular weight excluding hydrogens is 447 g/mol. The first-order valence-electron chi connectivity index (χ1n) is 8.81. The lowest BCUT2D eigenvalue weighted by Crippen LogP contribution is -2.17. The van der Waals surface area contributed by atoms with Gasteiger partial charge in [0.15, 0.2) is 10.9 Å². The highest BCUT2D eigenvalue weighted by Crippen LogP contribution is 2.29. The lowest BCUT2D eigenvalue weighted by atomic mass is 10.1. The van der Waals surface area contributed by atoms with Crippen LogP contribution in [0.4, 0.5) is 5.69 Å². The molecule has 1 heterocycles. The normalized spacial score (nSPS) is 10.7. The Hall–Kier alpha value is -2.55. The molecular formula is C20H18Cl2N4O3S. The van der Waals surface area contributed by atoms with E-state index in [9.17, 15) is 9.59 Å². The molecule has 0 aliphatic rings. The number of anilines is 1. The van der Waals surface area contributed by atoms with Crippen molar-refractivity contribution in [1.82, 2.24) is 14.8 Å². The summed E-state index contributed by atoms with van der Waals surface area (Å²) in [6.45, 7) is 0. The fourth-order valence-electron chi connectivity index (χ4n) is 2.55. The Morgan fingerprint density at radius 1 is 1.13 bits per heavy atom. The maximum atomic E-state index is 12.4. The Morgan fingerprint density at radius 2 is 1.87 bits per heavy atom. The molecule has 0 fully saturated rings. The number of methoxy groups -OCH3 is 1. The van der Waals surface area contributed by atoms with E-state index < -0.39 is 0 Å². The van der Waals surface area contributed by atoms with Crippen LogP contribution in [-0.4, -0.2) is 39.3 Å². The van der Waals surface area contributed by atoms with E-state index in [2.05, 4.69) is 15.5 Å². The van der Waals surface area contributed by atoms with E-state index in [0.717, 1.165) is 0 Å². The third-order valence-corrected chi connectivity index (χ3v) is 6.05. The molecule has 30 heavy (non-hydrogen) atoms. The zero-order valence-corrected chi connectivity index (χ0v) is 18.5. The molecule has 0 aliphatic carbocycles. The lowest BCUT2D eigenvalue weighted by molar-refractivity contribution is -0.115. The number of Topliss-reactive ketones (excluding diaryl/α,β-unsaturated/α-hetero) is 1. The molecule has 0 atom stereocenters. The van der Waals surface area contributed by atoms with Gasteiger partial charge >= 0.3 is 0 Å². The second-order valence-corrected chi connectivity index (χ2v) is 7.95. The summed E-state index contributed by atoms with van der Waals surface area (Å²) in [4.78, 5) is 24.7. The summed E-state index contributed by atoms with van der Waals surface area (Å²) in [5, 5.41) is 12.0. The van der Waals surface area contributed by atoms with E-state index >= 15 is 0 Å². The van der Waals surface area contributed by atoms with Gasteiger partial charge in [-0.3, -0.25) is 9.59 Å². The molecule has 0 aliphatic heterocycles. The topological polar surface area (TPSA) is 86.1 Å². The number of ketones is 1. The van der Waals surface area contributed by atoms with E-state index in [-0.39, 0.29) is 28.9 Å². The first kappa shape index (κ1) is 22.1. The predicted octanol–water partition coefficient (Wildman–Crippen LogP) is 4.29. The van der Waals surface area contributed by atoms with Crippen LogP contribution in [0.15, 0.2) is 47.6 Å². The molecule has 10 heteroatoms. The van der Waals surface area contributed by atoms with Crippen molar-refractivity contribution in [2.24, 2.45) is 7.05 Å². The van der Waals surface area contributed by atoms with Crippen molar-refractivity contribution >= 4 is 52.3 Å². The van der Waals surface area contributed by atoms with Crippen molar-refractivity contribution in [3.05, 3.63) is 63.9 Å². The number of benzene rings is 2. The van der Waals surface area contributed by atoms with Crippen molar-refractivity contribution in [2.45, 2.75) is 11.6 Å². The van der Waals surface area contributed by atoms with Gasteiger partial charge in [0, 0.05) is 12.6 Å². The summed E-state index contributed by atoms with van der Waals surface area (Å²) in [5.74, 6) is 1.00. The Kier molecular flexibility index (Phi) is 7.36. The van der Waals surface area contributed by atoms with Crippen LogP contribution < -0.4 is 10.1 Å². The minimum Gasteiger partial charge on any atom is -0.497 e. The number of thioether (sulfide) groups is 1. The van der Waals surface area contributed by atoms with E-state index in [0.29, 0.717) is 33.0 Å². The first-order chi connectivity index (χ1) is 14.4. The van der Waals surface area contributed by atoms with Gasteiger partial charge in [0.2, 0.25) is 5.91 Å². The minimum atomic E-state index is -0.305. The molecule has 1 N–H and O–H groups in total. The van der Waals surface area contributed by atoms with Gasteiger partial charge in [0.1, 0.15) is 11.6 Å². The molecule has 3 aromatic rings. The Bertz CT molecular complexity index is 1070. The molecule has 0 saturated carbocycles. The number of rotatable bonds is 8. The number of amides is 1. The van der Waals surface area contributed by atoms with Crippen molar-refractivity contribution in [1.29, 1.82) is 0 Å². The Labute approximate surface area is 187 Å². The van der Waals surface area contributed by atoms with Crippen molar-refractivity contribution < 1.29 is 14.3 Å². The standard InChI is InChI=1S/C20H18Cl2N4O3S/c1-26-17(10-18(28)23-15-5-3-4-14(21)19(15)22)24-25-20(26)30-11-16(27)12-6-8-13(29-2)9-7-12/h3-9H,10-11H2,1-2H3,(H,23,28). The molecule has 156 valence electrons. The molecule has 2 aromatic carbocycles. The van der Waals surface area contributed by atoms with E-state index in [4.69, 9.17) is 27.9 Å². The number of halogens is 2. The van der Waals surface area contributed by atoms with Gasteiger partial charge in [-0.2, -0.15) is 0 Å². The maximum absolute atomic E-state index is 12.4. The summed E-state index contributed by atoms with van der Waals surface area (Å²) in [6, 6.07) is 11.9. The van der Waals surface area contributed by atoms with Gasteiger partial charge in [-0.1, -0.05) is 41.0 Å². The summed E-state index contributed by atoms with van der Waals surface area (Å²) in [7, 11) is 3.32. The first-order valence-corrected chi connectivity index (χ1v) is 10.6. The van der Waals surface area contributed by atoms with Crippen LogP contribution in [0, 0.1) is 0 Å². The molecule has 0 spiro atoms. The largest absolute Gasteiger partial charge is 0.497 e. The Morgan fingerprint density at radius 3 is 2.57 bits per heavy atom. The van der Waals surface area contributed by atoms with E-state index in [1.54, 1.807) is 61.2 Å². The van der Waals surface area contributed by atoms with Crippen LogP contribution in [0.1, 0.15) is 16.2 Å². The van der Waals surface area contributed by atoms with Gasteiger partial charge in [-0.25, -0.2) is 0 Å². The zero-order valence-electron chi connectivity index (χ0n) is 16.2. The zero-order chi connectivity index (χ0) is 21.7. The fourth-order valence-corrected chi connectivity index (χ4v) is 3.73. The number of nitrogens with one attached hydrogen (secondary N) is 1. The van der Waals surface area contributed by atoms with Gasteiger partial charge in [0.05, 0.1) is 35.0 Å². The average molecular weight is 465 g/mol. The molecule has 0 saturated heterocycles. The lowest BCUT2D eigenvalue weighted by Gasteiger charge is -2.08. The van der Waals surface area contributed by atoms with Crippen molar-refractivity contribution in [3.63, 3.8) is 0 Å². The highest BCUT2D eigenvalue weighted by Gasteiger charge is 2.16. The van der Waals surface area contributed by atoms with Crippen LogP contribution in [-0.2, 0) is 18.3 Å². The SMILES string of the molecule is COc1ccc(C(=O)CSc2nnc(CC(=O)Nc3cccc(Cl)c3Cl)n2C)cc1. The Balaban J connectivity index is 1.59. The third kappa shape index (κ3) is 5.33. The van der Waals surface area contributed by atoms with Gasteiger partial charge in [-0.15, -0.1) is 10.2 Å². The highest BCUT2D eigenvalue weighted by molar-refractivity contribution is 7.99. The van der Waals surface area contributed by atoms with Crippen molar-refractivity contribution in [3.8, 4) is 5.75 Å². The molecule has 1 aromatic heterocycles. The monoisotopic (exact) mass is 464 g/mol. The number of hydrogen-bond acceptors (Lipinski definition) is 6. The number of nitrogens with zero attached hydrogens (tertiary/aromatic N) is 3. The van der Waals surface area contributed by atoms with Crippen LogP contribution in [0.2, 0.25) is 10.0 Å². The molecule has 7 nitrogen and oxygen atoms in total. The molecule has 0 bridgehead atoms.